The average Bonchev–Trinajstić information content (AvgIpc) is 2.62. The van der Waals surface area contributed by atoms with Gasteiger partial charge in [-0.1, -0.05) is 45.0 Å². The van der Waals surface area contributed by atoms with Crippen molar-refractivity contribution >= 4 is 21.7 Å². The van der Waals surface area contributed by atoms with Crippen LogP contribution >= 0.6 is 0 Å². The fourth-order valence-corrected chi connectivity index (χ4v) is 5.08. The van der Waals surface area contributed by atoms with Gasteiger partial charge in [-0.2, -0.15) is 8.42 Å². The number of carbonyl (C=O) groups is 2. The van der Waals surface area contributed by atoms with Crippen LogP contribution in [-0.2, 0) is 29.4 Å². The van der Waals surface area contributed by atoms with E-state index in [1.165, 1.54) is 0 Å². The van der Waals surface area contributed by atoms with Crippen molar-refractivity contribution in [2.75, 3.05) is 0 Å². The minimum atomic E-state index is -4.54. The number of ketones is 2. The van der Waals surface area contributed by atoms with E-state index in [9.17, 15) is 22.6 Å². The maximum absolute atomic E-state index is 13.2. The van der Waals surface area contributed by atoms with Gasteiger partial charge in [0.15, 0.2) is 11.6 Å². The summed E-state index contributed by atoms with van der Waals surface area (Å²) in [5.74, 6) is -0.632. The molecule has 0 aromatic heterocycles. The summed E-state index contributed by atoms with van der Waals surface area (Å²) < 4.78 is 34.1. The second-order valence-corrected chi connectivity index (χ2v) is 7.61. The lowest BCUT2D eigenvalue weighted by atomic mass is 9.76. The number of hydrogen-bond acceptors (Lipinski definition) is 4. The Balaban J connectivity index is 2.57. The van der Waals surface area contributed by atoms with Crippen molar-refractivity contribution in [2.45, 2.75) is 44.9 Å². The van der Waals surface area contributed by atoms with Crippen LogP contribution in [0.5, 0.6) is 0 Å². The zero-order chi connectivity index (χ0) is 19.2. The van der Waals surface area contributed by atoms with E-state index in [1.54, 1.807) is 38.1 Å². The van der Waals surface area contributed by atoms with Gasteiger partial charge in [-0.05, 0) is 36.0 Å². The van der Waals surface area contributed by atoms with Crippen LogP contribution in [-0.4, -0.2) is 24.5 Å². The molecule has 1 N–H and O–H groups in total. The minimum Gasteiger partial charge on any atom is -0.289 e. The average molecular weight is 372 g/mol. The minimum absolute atomic E-state index is 0.123. The first-order valence-electron chi connectivity index (χ1n) is 8.64. The third kappa shape index (κ3) is 2.52. The van der Waals surface area contributed by atoms with Gasteiger partial charge in [0, 0.05) is 22.3 Å². The Hall–Kier alpha value is -2.31. The molecule has 0 spiro atoms. The summed E-state index contributed by atoms with van der Waals surface area (Å²) in [4.78, 5) is 26.1. The molecule has 0 amide bonds. The highest BCUT2D eigenvalue weighted by Crippen LogP contribution is 2.38. The zero-order valence-corrected chi connectivity index (χ0v) is 15.7. The Morgan fingerprint density at radius 1 is 0.769 bits per heavy atom. The number of carbonyl (C=O) groups excluding carboxylic acids is 2. The van der Waals surface area contributed by atoms with Gasteiger partial charge in [-0.25, -0.2) is 0 Å². The summed E-state index contributed by atoms with van der Waals surface area (Å²) in [6.45, 7) is 5.30. The molecule has 1 aliphatic carbocycles. The fraction of sp³-hybridized carbons (Fsp3) is 0.300. The molecule has 1 aliphatic rings. The molecule has 26 heavy (non-hydrogen) atoms. The first-order chi connectivity index (χ1) is 12.3. The first kappa shape index (κ1) is 18.5. The van der Waals surface area contributed by atoms with Crippen molar-refractivity contribution in [3.63, 3.8) is 0 Å². The van der Waals surface area contributed by atoms with Crippen LogP contribution in [0.1, 0.15) is 69.3 Å². The molecule has 3 rings (SSSR count). The Morgan fingerprint density at radius 2 is 1.19 bits per heavy atom. The Labute approximate surface area is 152 Å². The van der Waals surface area contributed by atoms with Gasteiger partial charge in [0.1, 0.15) is 4.90 Å². The van der Waals surface area contributed by atoms with E-state index in [-0.39, 0.29) is 45.1 Å². The molecule has 0 atom stereocenters. The molecule has 2 aromatic carbocycles. The lowest BCUT2D eigenvalue weighted by Gasteiger charge is -2.26. The van der Waals surface area contributed by atoms with E-state index >= 15 is 0 Å². The smallest absolute Gasteiger partial charge is 0.289 e. The molecule has 0 fully saturated rings. The molecule has 0 saturated carbocycles. The predicted octanol–water partition coefficient (Wildman–Crippen LogP) is 3.40. The fourth-order valence-electron chi connectivity index (χ4n) is 3.95. The standard InChI is InChI=1S/C20H20O5S/c1-4-11-12(5-2)20(26(23,24)25)13(6-3)17-16(11)18(21)14-9-7-8-10-15(14)19(17)22/h7-10H,4-6H2,1-3H3,(H,23,24,25). The Morgan fingerprint density at radius 3 is 1.58 bits per heavy atom. The molecule has 5 nitrogen and oxygen atoms in total. The second-order valence-electron chi connectivity index (χ2n) is 6.25. The summed E-state index contributed by atoms with van der Waals surface area (Å²) in [5.41, 5.74) is 2.20. The third-order valence-electron chi connectivity index (χ3n) is 4.96. The van der Waals surface area contributed by atoms with Gasteiger partial charge in [-0.15, -0.1) is 0 Å². The normalized spacial score (nSPS) is 13.5. The first-order valence-corrected chi connectivity index (χ1v) is 10.1. The van der Waals surface area contributed by atoms with Gasteiger partial charge in [0.25, 0.3) is 10.1 Å². The van der Waals surface area contributed by atoms with E-state index in [4.69, 9.17) is 0 Å². The van der Waals surface area contributed by atoms with Crippen molar-refractivity contribution in [1.82, 2.24) is 0 Å². The van der Waals surface area contributed by atoms with Gasteiger partial charge in [0.05, 0.1) is 0 Å². The van der Waals surface area contributed by atoms with Crippen LogP contribution in [0.2, 0.25) is 0 Å². The van der Waals surface area contributed by atoms with Crippen LogP contribution in [0, 0.1) is 0 Å². The summed E-state index contributed by atoms with van der Waals surface area (Å²) in [5, 5.41) is 0. The van der Waals surface area contributed by atoms with E-state index in [1.807, 2.05) is 6.92 Å². The highest BCUT2D eigenvalue weighted by molar-refractivity contribution is 7.86. The highest BCUT2D eigenvalue weighted by atomic mass is 32.2. The highest BCUT2D eigenvalue weighted by Gasteiger charge is 2.37. The largest absolute Gasteiger partial charge is 0.295 e. The number of rotatable bonds is 4. The van der Waals surface area contributed by atoms with Gasteiger partial charge in [0.2, 0.25) is 0 Å². The SMILES string of the molecule is CCc1c(CC)c(S(=O)(=O)O)c(CC)c2c1C(=O)c1ccccc1C2=O. The third-order valence-corrected chi connectivity index (χ3v) is 5.96. The molecule has 6 heteroatoms. The molecule has 2 aromatic rings. The lowest BCUT2D eigenvalue weighted by molar-refractivity contribution is 0.0977. The van der Waals surface area contributed by atoms with E-state index in [0.717, 1.165) is 0 Å². The zero-order valence-electron chi connectivity index (χ0n) is 14.9. The van der Waals surface area contributed by atoms with Crippen LogP contribution in [0.25, 0.3) is 0 Å². The topological polar surface area (TPSA) is 88.5 Å². The monoisotopic (exact) mass is 372 g/mol. The number of hydrogen-bond donors (Lipinski definition) is 1. The molecule has 0 heterocycles. The number of benzene rings is 2. The van der Waals surface area contributed by atoms with Crippen molar-refractivity contribution in [3.8, 4) is 0 Å². The van der Waals surface area contributed by atoms with Crippen LogP contribution in [0.4, 0.5) is 0 Å². The Kier molecular flexibility index (Phi) is 4.58. The maximum Gasteiger partial charge on any atom is 0.295 e. The second kappa shape index (κ2) is 6.45. The molecule has 0 unspecified atom stereocenters. The molecule has 136 valence electrons. The van der Waals surface area contributed by atoms with Crippen molar-refractivity contribution in [1.29, 1.82) is 0 Å². The Bertz CT molecular complexity index is 1050. The van der Waals surface area contributed by atoms with Crippen LogP contribution in [0.3, 0.4) is 0 Å². The molecule has 0 saturated heterocycles. The maximum atomic E-state index is 13.2. The molecule has 0 radical (unpaired) electrons. The lowest BCUT2D eigenvalue weighted by Crippen LogP contribution is -2.27. The summed E-state index contributed by atoms with van der Waals surface area (Å²) in [7, 11) is -4.54. The van der Waals surface area contributed by atoms with Crippen molar-refractivity contribution < 1.29 is 22.6 Å². The van der Waals surface area contributed by atoms with Gasteiger partial charge < -0.3 is 0 Å². The van der Waals surface area contributed by atoms with Crippen LogP contribution in [0.15, 0.2) is 29.2 Å². The molecular weight excluding hydrogens is 352 g/mol. The predicted molar refractivity (Wildman–Crippen MR) is 97.7 cm³/mol. The van der Waals surface area contributed by atoms with E-state index in [0.29, 0.717) is 29.5 Å². The summed E-state index contributed by atoms with van der Waals surface area (Å²) >= 11 is 0. The summed E-state index contributed by atoms with van der Waals surface area (Å²) in [6.07, 6.45) is 0.941. The molecular formula is C20H20O5S. The molecule has 0 bridgehead atoms. The van der Waals surface area contributed by atoms with E-state index < -0.39 is 10.1 Å². The van der Waals surface area contributed by atoms with Gasteiger partial charge in [-0.3, -0.25) is 14.1 Å². The summed E-state index contributed by atoms with van der Waals surface area (Å²) in [6, 6.07) is 6.57. The number of fused-ring (bicyclic) bond motifs is 2. The quantitative estimate of drug-likeness (QED) is 0.709. The van der Waals surface area contributed by atoms with Crippen molar-refractivity contribution in [3.05, 3.63) is 63.2 Å². The van der Waals surface area contributed by atoms with E-state index in [2.05, 4.69) is 0 Å². The van der Waals surface area contributed by atoms with Crippen molar-refractivity contribution in [2.24, 2.45) is 0 Å². The molecule has 0 aliphatic heterocycles. The van der Waals surface area contributed by atoms with Crippen LogP contribution < -0.4 is 0 Å². The van der Waals surface area contributed by atoms with Gasteiger partial charge >= 0.3 is 0 Å².